The van der Waals surface area contributed by atoms with Gasteiger partial charge in [-0.1, -0.05) is 48.5 Å². The van der Waals surface area contributed by atoms with Gasteiger partial charge in [0.15, 0.2) is 5.78 Å². The van der Waals surface area contributed by atoms with Gasteiger partial charge < -0.3 is 19.9 Å². The summed E-state index contributed by atoms with van der Waals surface area (Å²) in [6.45, 7) is 1.12. The summed E-state index contributed by atoms with van der Waals surface area (Å²) in [5.41, 5.74) is -2.27. The van der Waals surface area contributed by atoms with Gasteiger partial charge >= 0.3 is 18.3 Å². The maximum atomic E-state index is 13.4. The summed E-state index contributed by atoms with van der Waals surface area (Å²) in [4.78, 5) is 27.4. The number of carboxylic acid groups (broad SMARTS) is 1. The summed E-state index contributed by atoms with van der Waals surface area (Å²) in [5, 5.41) is 12.3. The van der Waals surface area contributed by atoms with E-state index in [1.165, 1.54) is 12.1 Å². The van der Waals surface area contributed by atoms with Crippen LogP contribution in [0.5, 0.6) is 11.5 Å². The Morgan fingerprint density at radius 1 is 0.889 bits per heavy atom. The molecule has 0 bridgehead atoms. The van der Waals surface area contributed by atoms with Gasteiger partial charge in [0.25, 0.3) is 0 Å². The molecule has 0 aliphatic carbocycles. The molecule has 0 aliphatic rings. The van der Waals surface area contributed by atoms with E-state index in [0.717, 1.165) is 6.07 Å². The molecule has 1 heterocycles. The van der Waals surface area contributed by atoms with Crippen LogP contribution in [-0.4, -0.2) is 41.1 Å². The number of carbonyl (C=O) groups is 2. The van der Waals surface area contributed by atoms with E-state index in [1.54, 1.807) is 61.5 Å². The van der Waals surface area contributed by atoms with Crippen LogP contribution < -0.4 is 14.8 Å². The van der Waals surface area contributed by atoms with E-state index in [0.29, 0.717) is 34.7 Å². The minimum absolute atomic E-state index is 0.0694. The zero-order valence-corrected chi connectivity index (χ0v) is 23.6. The van der Waals surface area contributed by atoms with E-state index < -0.39 is 46.9 Å². The predicted molar refractivity (Wildman–Crippen MR) is 152 cm³/mol. The van der Waals surface area contributed by atoms with E-state index >= 15 is 0 Å². The Kier molecular flexibility index (Phi) is 10.00. The number of aromatic nitrogens is 1. The summed E-state index contributed by atoms with van der Waals surface area (Å²) in [7, 11) is 0. The summed E-state index contributed by atoms with van der Waals surface area (Å²) in [6.07, 6.45) is -8.55. The van der Waals surface area contributed by atoms with Gasteiger partial charge in [-0.25, -0.2) is 9.78 Å². The van der Waals surface area contributed by atoms with Crippen LogP contribution in [0.4, 0.5) is 26.3 Å². The van der Waals surface area contributed by atoms with Crippen molar-refractivity contribution in [2.24, 2.45) is 0 Å². The number of benzene rings is 3. The van der Waals surface area contributed by atoms with Crippen molar-refractivity contribution < 1.29 is 50.5 Å². The molecule has 1 atom stereocenters. The fraction of sp³-hybridized carbons (Fsp3) is 0.219. The highest BCUT2D eigenvalue weighted by Crippen LogP contribution is 2.39. The monoisotopic (exact) mass is 632 g/mol. The topological polar surface area (TPSA) is 97.8 Å². The number of nitrogens with one attached hydrogen (secondary N) is 1. The lowest BCUT2D eigenvalue weighted by Gasteiger charge is -2.17. The number of alkyl halides is 6. The van der Waals surface area contributed by atoms with Crippen molar-refractivity contribution in [1.82, 2.24) is 10.3 Å². The Bertz CT molecular complexity index is 1690. The molecule has 13 heteroatoms. The Balaban J connectivity index is 1.37. The van der Waals surface area contributed by atoms with E-state index in [9.17, 15) is 41.0 Å². The van der Waals surface area contributed by atoms with Crippen LogP contribution in [0.1, 0.15) is 34.1 Å². The molecule has 0 radical (unpaired) electrons. The van der Waals surface area contributed by atoms with Gasteiger partial charge in [-0.3, -0.25) is 4.79 Å². The number of para-hydroxylation sites is 1. The quantitative estimate of drug-likeness (QED) is 0.0744. The standard InChI is InChI=1S/C32H26F6N2O5/c1-19(16-26(41)21-6-3-2-4-7-21)39-25(30(42)43)17-20-10-12-22(13-11-20)44-14-15-45-27-18-28(32(36,37)38)40-29-23(27)8-5-9-24(29)31(33,34)35/h2-13,16,18,25,39H,14-15,17H2,1H3,(H,42,43)/b19-16-/t25-/m0/s1. The summed E-state index contributed by atoms with van der Waals surface area (Å²) in [6, 6.07) is 17.2. The first kappa shape index (κ1) is 32.8. The fourth-order valence-electron chi connectivity index (χ4n) is 4.38. The lowest BCUT2D eigenvalue weighted by molar-refractivity contribution is -0.142. The van der Waals surface area contributed by atoms with Crippen molar-refractivity contribution in [3.8, 4) is 11.5 Å². The number of carboxylic acids is 1. The predicted octanol–water partition coefficient (Wildman–Crippen LogP) is 7.10. The second kappa shape index (κ2) is 13.7. The Morgan fingerprint density at radius 2 is 1.56 bits per heavy atom. The van der Waals surface area contributed by atoms with Gasteiger partial charge in [-0.05, 0) is 36.8 Å². The van der Waals surface area contributed by atoms with Crippen LogP contribution in [0.3, 0.4) is 0 Å². The number of halogens is 6. The van der Waals surface area contributed by atoms with E-state index in [2.05, 4.69) is 10.3 Å². The number of ether oxygens (including phenoxy) is 2. The van der Waals surface area contributed by atoms with Crippen molar-refractivity contribution in [2.45, 2.75) is 31.7 Å². The second-order valence-electron chi connectivity index (χ2n) is 9.84. The zero-order chi connectivity index (χ0) is 32.8. The number of carbonyl (C=O) groups excluding carboxylic acids is 1. The second-order valence-corrected chi connectivity index (χ2v) is 9.84. The van der Waals surface area contributed by atoms with Crippen LogP contribution in [0, 0.1) is 0 Å². The molecule has 0 spiro atoms. The molecular weight excluding hydrogens is 606 g/mol. The van der Waals surface area contributed by atoms with Crippen molar-refractivity contribution in [3.05, 3.63) is 113 Å². The van der Waals surface area contributed by atoms with Crippen molar-refractivity contribution in [1.29, 1.82) is 0 Å². The van der Waals surface area contributed by atoms with Crippen LogP contribution in [0.25, 0.3) is 10.9 Å². The molecule has 0 fully saturated rings. The molecule has 0 amide bonds. The minimum atomic E-state index is -5.01. The van der Waals surface area contributed by atoms with Crippen molar-refractivity contribution in [3.63, 3.8) is 0 Å². The summed E-state index contributed by atoms with van der Waals surface area (Å²) in [5.74, 6) is -1.51. The van der Waals surface area contributed by atoms with Gasteiger partial charge in [-0.2, -0.15) is 26.3 Å². The molecule has 4 aromatic rings. The van der Waals surface area contributed by atoms with Gasteiger partial charge in [0.05, 0.1) is 11.1 Å². The number of pyridine rings is 1. The number of ketones is 1. The first-order chi connectivity index (χ1) is 21.2. The number of hydrogen-bond acceptors (Lipinski definition) is 6. The van der Waals surface area contributed by atoms with Gasteiger partial charge in [-0.15, -0.1) is 0 Å². The fourth-order valence-corrected chi connectivity index (χ4v) is 4.38. The summed E-state index contributed by atoms with van der Waals surface area (Å²) >= 11 is 0. The molecule has 3 aromatic carbocycles. The largest absolute Gasteiger partial charge is 0.490 e. The molecule has 0 saturated carbocycles. The molecular formula is C32H26F6N2O5. The Morgan fingerprint density at radius 3 is 2.18 bits per heavy atom. The molecule has 0 saturated heterocycles. The number of fused-ring (bicyclic) bond motifs is 1. The highest BCUT2D eigenvalue weighted by atomic mass is 19.4. The average Bonchev–Trinajstić information content (AvgIpc) is 2.98. The number of allylic oxidation sites excluding steroid dienone is 2. The number of aliphatic carboxylic acids is 1. The molecule has 0 aliphatic heterocycles. The first-order valence-electron chi connectivity index (χ1n) is 13.4. The third-order valence-electron chi connectivity index (χ3n) is 6.48. The SMILES string of the molecule is C/C(=C/C(=O)c1ccccc1)N[C@@H](Cc1ccc(OCCOc2cc(C(F)(F)F)nc3c(C(F)(F)F)cccc23)cc1)C(=O)O. The normalized spacial score (nSPS) is 12.9. The van der Waals surface area contributed by atoms with Crippen molar-refractivity contribution >= 4 is 22.7 Å². The lowest BCUT2D eigenvalue weighted by Crippen LogP contribution is -2.37. The molecule has 1 aromatic heterocycles. The maximum Gasteiger partial charge on any atom is 0.433 e. The van der Waals surface area contributed by atoms with Gasteiger partial charge in [0, 0.05) is 35.2 Å². The first-order valence-corrected chi connectivity index (χ1v) is 13.4. The smallest absolute Gasteiger partial charge is 0.433 e. The van der Waals surface area contributed by atoms with Crippen LogP contribution in [0.15, 0.2) is 90.6 Å². The maximum absolute atomic E-state index is 13.4. The number of nitrogens with zero attached hydrogens (tertiary/aromatic N) is 1. The minimum Gasteiger partial charge on any atom is -0.490 e. The summed E-state index contributed by atoms with van der Waals surface area (Å²) < 4.78 is 91.4. The molecule has 7 nitrogen and oxygen atoms in total. The third kappa shape index (κ3) is 8.74. The highest BCUT2D eigenvalue weighted by Gasteiger charge is 2.37. The molecule has 2 N–H and O–H groups in total. The number of rotatable bonds is 12. The molecule has 45 heavy (non-hydrogen) atoms. The van der Waals surface area contributed by atoms with Crippen molar-refractivity contribution in [2.75, 3.05) is 13.2 Å². The average molecular weight is 633 g/mol. The number of hydrogen-bond donors (Lipinski definition) is 2. The van der Waals surface area contributed by atoms with Crippen LogP contribution in [0.2, 0.25) is 0 Å². The Hall–Kier alpha value is -5.07. The van der Waals surface area contributed by atoms with E-state index in [-0.39, 0.29) is 30.8 Å². The van der Waals surface area contributed by atoms with E-state index in [1.807, 2.05) is 0 Å². The Labute approximate surface area is 253 Å². The molecule has 0 unspecified atom stereocenters. The third-order valence-corrected chi connectivity index (χ3v) is 6.48. The van der Waals surface area contributed by atoms with Crippen LogP contribution >= 0.6 is 0 Å². The highest BCUT2D eigenvalue weighted by molar-refractivity contribution is 6.04. The van der Waals surface area contributed by atoms with Crippen LogP contribution in [-0.2, 0) is 23.6 Å². The van der Waals surface area contributed by atoms with E-state index in [4.69, 9.17) is 9.47 Å². The zero-order valence-electron chi connectivity index (χ0n) is 23.6. The lowest BCUT2D eigenvalue weighted by atomic mass is 10.1. The molecule has 4 rings (SSSR count). The molecule has 236 valence electrons. The van der Waals surface area contributed by atoms with Gasteiger partial charge in [0.1, 0.15) is 36.4 Å². The van der Waals surface area contributed by atoms with Gasteiger partial charge in [0.2, 0.25) is 0 Å².